The third-order valence-electron chi connectivity index (χ3n) is 1.46. The monoisotopic (exact) mass is 176 g/mol. The molecule has 0 aliphatic rings. The van der Waals surface area contributed by atoms with Crippen molar-refractivity contribution in [3.05, 3.63) is 23.5 Å². The standard InChI is InChI=1S/C7H7F3N2/c8-3-4-1-2-12-6(5(4)11)7(9)10/h1-2,7H,3,11H2. The van der Waals surface area contributed by atoms with Crippen LogP contribution in [0.25, 0.3) is 0 Å². The number of hydrogen-bond donors (Lipinski definition) is 1. The van der Waals surface area contributed by atoms with Crippen molar-refractivity contribution in [2.24, 2.45) is 0 Å². The smallest absolute Gasteiger partial charge is 0.282 e. The molecule has 0 bridgehead atoms. The van der Waals surface area contributed by atoms with E-state index in [-0.39, 0.29) is 11.3 Å². The van der Waals surface area contributed by atoms with Gasteiger partial charge in [0.2, 0.25) is 0 Å². The first-order valence-corrected chi connectivity index (χ1v) is 3.24. The number of pyridine rings is 1. The molecule has 2 nitrogen and oxygen atoms in total. The lowest BCUT2D eigenvalue weighted by molar-refractivity contribution is 0.147. The average molecular weight is 176 g/mol. The van der Waals surface area contributed by atoms with Gasteiger partial charge in [-0.2, -0.15) is 0 Å². The van der Waals surface area contributed by atoms with Gasteiger partial charge in [0, 0.05) is 11.8 Å². The topological polar surface area (TPSA) is 38.9 Å². The summed E-state index contributed by atoms with van der Waals surface area (Å²) in [5.74, 6) is 0. The SMILES string of the molecule is Nc1c(CF)ccnc1C(F)F. The zero-order chi connectivity index (χ0) is 9.14. The van der Waals surface area contributed by atoms with Crippen molar-refractivity contribution in [2.45, 2.75) is 13.1 Å². The lowest BCUT2D eigenvalue weighted by Gasteiger charge is -2.05. The minimum atomic E-state index is -2.75. The van der Waals surface area contributed by atoms with E-state index >= 15 is 0 Å². The molecule has 1 aromatic rings. The minimum absolute atomic E-state index is 0.0558. The molecule has 0 radical (unpaired) electrons. The van der Waals surface area contributed by atoms with Crippen molar-refractivity contribution in [1.29, 1.82) is 0 Å². The van der Waals surface area contributed by atoms with Crippen LogP contribution in [0.4, 0.5) is 18.9 Å². The molecule has 0 aliphatic heterocycles. The number of aromatic nitrogens is 1. The quantitative estimate of drug-likeness (QED) is 0.749. The Morgan fingerprint density at radius 2 is 2.17 bits per heavy atom. The molecule has 0 saturated heterocycles. The van der Waals surface area contributed by atoms with Crippen LogP contribution in [0, 0.1) is 0 Å². The number of nitrogens with zero attached hydrogens (tertiary/aromatic N) is 1. The van der Waals surface area contributed by atoms with Gasteiger partial charge < -0.3 is 5.73 Å². The van der Waals surface area contributed by atoms with Gasteiger partial charge >= 0.3 is 0 Å². The third kappa shape index (κ3) is 1.49. The highest BCUT2D eigenvalue weighted by atomic mass is 19.3. The Bertz CT molecular complexity index is 275. The highest BCUT2D eigenvalue weighted by Gasteiger charge is 2.14. The fourth-order valence-electron chi connectivity index (χ4n) is 0.822. The predicted octanol–water partition coefficient (Wildman–Crippen LogP) is 2.07. The van der Waals surface area contributed by atoms with Crippen LogP contribution < -0.4 is 5.73 Å². The molecule has 0 aromatic carbocycles. The molecule has 5 heteroatoms. The zero-order valence-corrected chi connectivity index (χ0v) is 6.10. The average Bonchev–Trinajstić information content (AvgIpc) is 2.04. The van der Waals surface area contributed by atoms with Gasteiger partial charge in [0.15, 0.2) is 0 Å². The fraction of sp³-hybridized carbons (Fsp3) is 0.286. The van der Waals surface area contributed by atoms with Gasteiger partial charge in [0.25, 0.3) is 6.43 Å². The van der Waals surface area contributed by atoms with Crippen molar-refractivity contribution >= 4 is 5.69 Å². The van der Waals surface area contributed by atoms with Gasteiger partial charge in [-0.15, -0.1) is 0 Å². The van der Waals surface area contributed by atoms with Crippen LogP contribution in [0.2, 0.25) is 0 Å². The molecule has 0 atom stereocenters. The van der Waals surface area contributed by atoms with Gasteiger partial charge in [0.05, 0.1) is 5.69 Å². The number of nitrogens with two attached hydrogens (primary N) is 1. The van der Waals surface area contributed by atoms with E-state index in [4.69, 9.17) is 5.73 Å². The van der Waals surface area contributed by atoms with Crippen LogP contribution in [0.1, 0.15) is 17.7 Å². The molecule has 0 fully saturated rings. The summed E-state index contributed by atoms with van der Waals surface area (Å²) in [6.45, 7) is -0.853. The molecule has 1 heterocycles. The predicted molar refractivity (Wildman–Crippen MR) is 38.4 cm³/mol. The number of nitrogen functional groups attached to an aromatic ring is 1. The van der Waals surface area contributed by atoms with E-state index in [9.17, 15) is 13.2 Å². The maximum Gasteiger partial charge on any atom is 0.282 e. The van der Waals surface area contributed by atoms with Crippen LogP contribution in [0.15, 0.2) is 12.3 Å². The maximum atomic E-state index is 12.1. The van der Waals surface area contributed by atoms with E-state index in [0.717, 1.165) is 6.20 Å². The summed E-state index contributed by atoms with van der Waals surface area (Å²) < 4.78 is 36.2. The summed E-state index contributed by atoms with van der Waals surface area (Å²) in [6, 6.07) is 1.28. The Hall–Kier alpha value is -1.26. The van der Waals surface area contributed by atoms with Gasteiger partial charge in [0.1, 0.15) is 12.4 Å². The van der Waals surface area contributed by atoms with Crippen molar-refractivity contribution in [2.75, 3.05) is 5.73 Å². The summed E-state index contributed by atoms with van der Waals surface area (Å²) in [4.78, 5) is 3.34. The number of alkyl halides is 3. The molecule has 1 aromatic heterocycles. The Kier molecular flexibility index (Phi) is 2.52. The zero-order valence-electron chi connectivity index (χ0n) is 6.10. The van der Waals surface area contributed by atoms with E-state index in [1.165, 1.54) is 6.07 Å². The van der Waals surface area contributed by atoms with Crippen LogP contribution >= 0.6 is 0 Å². The van der Waals surface area contributed by atoms with E-state index in [2.05, 4.69) is 4.98 Å². The molecule has 0 aliphatic carbocycles. The van der Waals surface area contributed by atoms with Crippen molar-refractivity contribution in [1.82, 2.24) is 4.98 Å². The first-order valence-electron chi connectivity index (χ1n) is 3.24. The number of rotatable bonds is 2. The van der Waals surface area contributed by atoms with Crippen molar-refractivity contribution in [3.8, 4) is 0 Å². The van der Waals surface area contributed by atoms with Crippen LogP contribution in [0.5, 0.6) is 0 Å². The second-order valence-electron chi connectivity index (χ2n) is 2.20. The van der Waals surface area contributed by atoms with Gasteiger partial charge in [-0.25, -0.2) is 13.2 Å². The number of hydrogen-bond acceptors (Lipinski definition) is 2. The molecule has 66 valence electrons. The summed E-state index contributed by atoms with van der Waals surface area (Å²) in [6.07, 6.45) is -1.64. The van der Waals surface area contributed by atoms with E-state index in [1.807, 2.05) is 0 Å². The van der Waals surface area contributed by atoms with Gasteiger partial charge in [-0.3, -0.25) is 4.98 Å². The lowest BCUT2D eigenvalue weighted by atomic mass is 10.2. The number of halogens is 3. The van der Waals surface area contributed by atoms with E-state index in [1.54, 1.807) is 0 Å². The number of anilines is 1. The lowest BCUT2D eigenvalue weighted by Crippen LogP contribution is -2.01. The van der Waals surface area contributed by atoms with Crippen LogP contribution in [-0.2, 0) is 6.67 Å². The summed E-state index contributed by atoms with van der Waals surface area (Å²) in [7, 11) is 0. The molecule has 0 amide bonds. The molecule has 1 rings (SSSR count). The Morgan fingerprint density at radius 1 is 1.50 bits per heavy atom. The minimum Gasteiger partial charge on any atom is -0.397 e. The molecule has 12 heavy (non-hydrogen) atoms. The molecule has 0 saturated carbocycles. The molecule has 0 spiro atoms. The van der Waals surface area contributed by atoms with Gasteiger partial charge in [-0.1, -0.05) is 0 Å². The van der Waals surface area contributed by atoms with Gasteiger partial charge in [-0.05, 0) is 6.07 Å². The Balaban J connectivity index is 3.14. The molecular weight excluding hydrogens is 169 g/mol. The fourth-order valence-corrected chi connectivity index (χ4v) is 0.822. The molecular formula is C7H7F3N2. The highest BCUT2D eigenvalue weighted by Crippen LogP contribution is 2.25. The second-order valence-corrected chi connectivity index (χ2v) is 2.20. The summed E-state index contributed by atoms with van der Waals surface area (Å²) >= 11 is 0. The van der Waals surface area contributed by atoms with Crippen molar-refractivity contribution in [3.63, 3.8) is 0 Å². The first kappa shape index (κ1) is 8.83. The largest absolute Gasteiger partial charge is 0.397 e. The first-order chi connectivity index (χ1) is 5.66. The molecule has 2 N–H and O–H groups in total. The Labute approximate surface area is 67.2 Å². The third-order valence-corrected chi connectivity index (χ3v) is 1.46. The van der Waals surface area contributed by atoms with E-state index in [0.29, 0.717) is 0 Å². The highest BCUT2D eigenvalue weighted by molar-refractivity contribution is 5.50. The second kappa shape index (κ2) is 3.42. The van der Waals surface area contributed by atoms with Crippen LogP contribution in [0.3, 0.4) is 0 Å². The van der Waals surface area contributed by atoms with Crippen molar-refractivity contribution < 1.29 is 13.2 Å². The summed E-state index contributed by atoms with van der Waals surface area (Å²) in [5.41, 5.74) is 4.46. The Morgan fingerprint density at radius 3 is 2.67 bits per heavy atom. The normalized spacial score (nSPS) is 10.7. The summed E-state index contributed by atoms with van der Waals surface area (Å²) in [5, 5.41) is 0. The maximum absolute atomic E-state index is 12.1. The van der Waals surface area contributed by atoms with Crippen LogP contribution in [-0.4, -0.2) is 4.98 Å². The molecule has 0 unspecified atom stereocenters. The van der Waals surface area contributed by atoms with E-state index < -0.39 is 18.8 Å².